The number of hydrogen-bond acceptors (Lipinski definition) is 1. The molecule has 166 valence electrons. The number of amides is 1. The van der Waals surface area contributed by atoms with Crippen molar-refractivity contribution in [1.82, 2.24) is 5.32 Å². The molecule has 0 aliphatic heterocycles. The molecule has 1 atom stereocenters. The van der Waals surface area contributed by atoms with Gasteiger partial charge < -0.3 is 5.32 Å². The maximum absolute atomic E-state index is 13.7. The Kier molecular flexibility index (Phi) is 6.52. The van der Waals surface area contributed by atoms with Crippen molar-refractivity contribution in [1.29, 1.82) is 0 Å². The molecular formula is C15H11F12NO. The number of rotatable bonds is 8. The summed E-state index contributed by atoms with van der Waals surface area (Å²) in [5.41, 5.74) is 0.00119. The molecule has 0 radical (unpaired) electrons. The van der Waals surface area contributed by atoms with Crippen molar-refractivity contribution in [3.63, 3.8) is 0 Å². The highest BCUT2D eigenvalue weighted by molar-refractivity contribution is 5.85. The molecule has 29 heavy (non-hydrogen) atoms. The van der Waals surface area contributed by atoms with Gasteiger partial charge in [-0.2, -0.15) is 43.9 Å². The minimum atomic E-state index is -7.74. The number of alkyl halides is 12. The lowest BCUT2D eigenvalue weighted by Crippen LogP contribution is -2.70. The van der Waals surface area contributed by atoms with Gasteiger partial charge in [0.1, 0.15) is 0 Å². The van der Waals surface area contributed by atoms with Crippen molar-refractivity contribution in [3.8, 4) is 0 Å². The second-order valence-corrected chi connectivity index (χ2v) is 5.83. The van der Waals surface area contributed by atoms with Gasteiger partial charge in [0.05, 0.1) is 6.04 Å². The number of halogens is 12. The van der Waals surface area contributed by atoms with Gasteiger partial charge in [-0.1, -0.05) is 30.3 Å². The minimum absolute atomic E-state index is 0.00119. The van der Waals surface area contributed by atoms with Gasteiger partial charge in [0.2, 0.25) is 0 Å². The molecule has 0 fully saturated rings. The molecule has 1 N–H and O–H groups in total. The summed E-state index contributed by atoms with van der Waals surface area (Å²) in [5, 5.41) is 1.14. The standard InChI is InChI=1S/C15H11F12NO/c1-7(8-5-3-2-4-6-8)28-10(29)12(20,21)14(24,25)15(26,27)13(22,23)11(18,19)9(16)17/h2-7,9H,1H3,(H,28,29). The van der Waals surface area contributed by atoms with Gasteiger partial charge in [0.15, 0.2) is 0 Å². The molecule has 1 aromatic carbocycles. The molecule has 0 heterocycles. The molecule has 0 saturated heterocycles. The molecular weight excluding hydrogens is 438 g/mol. The lowest BCUT2D eigenvalue weighted by atomic mass is 9.93. The van der Waals surface area contributed by atoms with Gasteiger partial charge in [-0.15, -0.1) is 0 Å². The highest BCUT2D eigenvalue weighted by Gasteiger charge is 2.89. The van der Waals surface area contributed by atoms with Gasteiger partial charge >= 0.3 is 36.0 Å². The van der Waals surface area contributed by atoms with Crippen LogP contribution in [0, 0.1) is 0 Å². The Bertz CT molecular complexity index is 719. The van der Waals surface area contributed by atoms with Crippen LogP contribution in [0.3, 0.4) is 0 Å². The molecule has 0 spiro atoms. The first-order valence-electron chi connectivity index (χ1n) is 7.38. The van der Waals surface area contributed by atoms with Gasteiger partial charge in [0.25, 0.3) is 5.91 Å². The van der Waals surface area contributed by atoms with Crippen molar-refractivity contribution < 1.29 is 57.5 Å². The molecule has 0 aromatic heterocycles. The Morgan fingerprint density at radius 3 is 1.66 bits per heavy atom. The zero-order valence-corrected chi connectivity index (χ0v) is 14.0. The topological polar surface area (TPSA) is 29.1 Å². The Morgan fingerprint density at radius 1 is 0.793 bits per heavy atom. The fourth-order valence-corrected chi connectivity index (χ4v) is 2.00. The number of carbonyl (C=O) groups is 1. The molecule has 2 nitrogen and oxygen atoms in total. The summed E-state index contributed by atoms with van der Waals surface area (Å²) in [5.74, 6) is -39.8. The molecule has 0 bridgehead atoms. The second-order valence-electron chi connectivity index (χ2n) is 5.83. The molecule has 14 heteroatoms. The van der Waals surface area contributed by atoms with Gasteiger partial charge in [0, 0.05) is 0 Å². The van der Waals surface area contributed by atoms with Crippen molar-refractivity contribution >= 4 is 5.91 Å². The molecule has 0 aliphatic carbocycles. The quantitative estimate of drug-likeness (QED) is 0.536. The van der Waals surface area contributed by atoms with E-state index in [-0.39, 0.29) is 5.56 Å². The maximum Gasteiger partial charge on any atom is 0.392 e. The Morgan fingerprint density at radius 2 is 1.24 bits per heavy atom. The van der Waals surface area contributed by atoms with E-state index in [2.05, 4.69) is 0 Å². The number of nitrogens with one attached hydrogen (secondary N) is 1. The lowest BCUT2D eigenvalue weighted by Gasteiger charge is -2.38. The highest BCUT2D eigenvalue weighted by atomic mass is 19.4. The third-order valence-corrected chi connectivity index (χ3v) is 3.81. The fourth-order valence-electron chi connectivity index (χ4n) is 2.00. The third kappa shape index (κ3) is 3.84. The van der Waals surface area contributed by atoms with Gasteiger partial charge in [-0.3, -0.25) is 4.79 Å². The smallest absolute Gasteiger partial charge is 0.344 e. The third-order valence-electron chi connectivity index (χ3n) is 3.81. The highest BCUT2D eigenvalue weighted by Crippen LogP contribution is 2.58. The van der Waals surface area contributed by atoms with E-state index in [9.17, 15) is 57.5 Å². The Balaban J connectivity index is 3.28. The predicted octanol–water partition coefficient (Wildman–Crippen LogP) is 5.31. The van der Waals surface area contributed by atoms with E-state index in [4.69, 9.17) is 0 Å². The average molecular weight is 449 g/mol. The molecule has 0 saturated carbocycles. The van der Waals surface area contributed by atoms with Crippen LogP contribution in [-0.2, 0) is 4.79 Å². The molecule has 1 aromatic rings. The summed E-state index contributed by atoms with van der Waals surface area (Å²) >= 11 is 0. The Labute approximate surface area is 154 Å². The largest absolute Gasteiger partial charge is 0.392 e. The molecule has 1 unspecified atom stereocenters. The van der Waals surface area contributed by atoms with E-state index < -0.39 is 48.0 Å². The average Bonchev–Trinajstić information content (AvgIpc) is 2.61. The molecule has 1 rings (SSSR count). The van der Waals surface area contributed by atoms with Crippen molar-refractivity contribution in [2.45, 2.75) is 49.0 Å². The first-order valence-corrected chi connectivity index (χ1v) is 7.38. The van der Waals surface area contributed by atoms with Gasteiger partial charge in [-0.25, -0.2) is 8.78 Å². The van der Waals surface area contributed by atoms with Crippen molar-refractivity contribution in [2.24, 2.45) is 0 Å². The number of benzene rings is 1. The van der Waals surface area contributed by atoms with E-state index >= 15 is 0 Å². The van der Waals surface area contributed by atoms with Crippen LogP contribution in [0.1, 0.15) is 18.5 Å². The Hall–Kier alpha value is -2.15. The van der Waals surface area contributed by atoms with E-state index in [0.717, 1.165) is 12.2 Å². The first kappa shape index (κ1) is 24.9. The second kappa shape index (κ2) is 7.59. The lowest BCUT2D eigenvalue weighted by molar-refractivity contribution is -0.407. The normalized spacial score (nSPS) is 15.4. The van der Waals surface area contributed by atoms with Crippen LogP contribution in [0.5, 0.6) is 0 Å². The SMILES string of the molecule is CC(NC(=O)C(F)(F)C(F)(F)C(F)(F)C(F)(F)C(F)(F)C(F)F)c1ccccc1. The van der Waals surface area contributed by atoms with Crippen LogP contribution in [0.25, 0.3) is 0 Å². The first-order chi connectivity index (χ1) is 12.9. The predicted molar refractivity (Wildman–Crippen MR) is 73.7 cm³/mol. The van der Waals surface area contributed by atoms with E-state index in [0.29, 0.717) is 0 Å². The van der Waals surface area contributed by atoms with Crippen LogP contribution in [0.4, 0.5) is 52.7 Å². The monoisotopic (exact) mass is 449 g/mol. The van der Waals surface area contributed by atoms with Crippen LogP contribution < -0.4 is 5.32 Å². The summed E-state index contributed by atoms with van der Waals surface area (Å²) in [7, 11) is 0. The molecule has 0 aliphatic rings. The zero-order valence-electron chi connectivity index (χ0n) is 14.0. The van der Waals surface area contributed by atoms with Crippen molar-refractivity contribution in [3.05, 3.63) is 35.9 Å². The van der Waals surface area contributed by atoms with Crippen LogP contribution >= 0.6 is 0 Å². The molecule has 1 amide bonds. The zero-order chi connectivity index (χ0) is 23.1. The summed E-state index contributed by atoms with van der Waals surface area (Å²) < 4.78 is 157. The van der Waals surface area contributed by atoms with Crippen LogP contribution in [-0.4, -0.2) is 41.9 Å². The number of hydrogen-bond donors (Lipinski definition) is 1. The maximum atomic E-state index is 13.7. The van der Waals surface area contributed by atoms with E-state index in [1.807, 2.05) is 0 Å². The van der Waals surface area contributed by atoms with Gasteiger partial charge in [-0.05, 0) is 12.5 Å². The number of carbonyl (C=O) groups excluding carboxylic acids is 1. The van der Waals surface area contributed by atoms with Crippen LogP contribution in [0.2, 0.25) is 0 Å². The van der Waals surface area contributed by atoms with Crippen molar-refractivity contribution in [2.75, 3.05) is 0 Å². The van der Waals surface area contributed by atoms with E-state index in [1.54, 1.807) is 0 Å². The summed E-state index contributed by atoms with van der Waals surface area (Å²) in [6.07, 6.45) is -5.60. The minimum Gasteiger partial charge on any atom is -0.344 e. The fraction of sp³-hybridized carbons (Fsp3) is 0.533. The summed E-state index contributed by atoms with van der Waals surface area (Å²) in [4.78, 5) is 11.4. The van der Waals surface area contributed by atoms with Crippen LogP contribution in [0.15, 0.2) is 30.3 Å². The summed E-state index contributed by atoms with van der Waals surface area (Å²) in [6, 6.07) is 4.90. The summed E-state index contributed by atoms with van der Waals surface area (Å²) in [6.45, 7) is 0.930. The van der Waals surface area contributed by atoms with E-state index in [1.165, 1.54) is 30.3 Å².